The van der Waals surface area contributed by atoms with Crippen molar-refractivity contribution >= 4 is 46.9 Å². The van der Waals surface area contributed by atoms with Gasteiger partial charge in [-0.25, -0.2) is 9.36 Å². The molecule has 0 fully saturated rings. The maximum absolute atomic E-state index is 12.9. The summed E-state index contributed by atoms with van der Waals surface area (Å²) in [5.41, 5.74) is 2.30. The third-order valence-corrected chi connectivity index (χ3v) is 7.04. The molecule has 2 aromatic carbocycles. The fourth-order valence-electron chi connectivity index (χ4n) is 3.07. The Morgan fingerprint density at radius 3 is 2.35 bits per heavy atom. The molecule has 0 atom stereocenters. The number of nitrogens with zero attached hydrogens (tertiary/aromatic N) is 4. The normalized spacial score (nSPS) is 10.9. The van der Waals surface area contributed by atoms with Crippen LogP contribution >= 0.6 is 35.3 Å². The highest BCUT2D eigenvalue weighted by Gasteiger charge is 2.18. The molecule has 0 saturated heterocycles. The predicted molar refractivity (Wildman–Crippen MR) is 127 cm³/mol. The first-order valence-electron chi connectivity index (χ1n) is 9.38. The Balaban J connectivity index is 1.48. The van der Waals surface area contributed by atoms with Gasteiger partial charge in [0.1, 0.15) is 5.69 Å². The van der Waals surface area contributed by atoms with E-state index in [1.807, 2.05) is 60.7 Å². The molecule has 4 rings (SSSR count). The van der Waals surface area contributed by atoms with Crippen LogP contribution in [-0.2, 0) is 11.8 Å². The van der Waals surface area contributed by atoms with E-state index in [1.54, 1.807) is 23.3 Å². The van der Waals surface area contributed by atoms with Gasteiger partial charge in [-0.2, -0.15) is 0 Å². The molecule has 0 aliphatic rings. The van der Waals surface area contributed by atoms with Crippen LogP contribution in [-0.4, -0.2) is 30.8 Å². The third-order valence-electron chi connectivity index (χ3n) is 4.68. The SMILES string of the molecule is Cc1c(NC(=O)CSc2nn(-c3ccccc3)c(=S)s2)c(=O)n(-c2ccccc2)n1C. The van der Waals surface area contributed by atoms with Gasteiger partial charge in [0.05, 0.1) is 22.8 Å². The maximum Gasteiger partial charge on any atom is 0.295 e. The summed E-state index contributed by atoms with van der Waals surface area (Å²) in [4.78, 5) is 25.5. The predicted octanol–water partition coefficient (Wildman–Crippen LogP) is 4.19. The van der Waals surface area contributed by atoms with Crippen molar-refractivity contribution in [1.82, 2.24) is 19.1 Å². The van der Waals surface area contributed by atoms with Crippen LogP contribution in [0.1, 0.15) is 5.69 Å². The number of hydrogen-bond acceptors (Lipinski definition) is 6. The minimum absolute atomic E-state index is 0.121. The topological polar surface area (TPSA) is 73.8 Å². The Labute approximate surface area is 191 Å². The number of hydrogen-bond donors (Lipinski definition) is 1. The van der Waals surface area contributed by atoms with Gasteiger partial charge >= 0.3 is 0 Å². The first kappa shape index (κ1) is 21.3. The van der Waals surface area contributed by atoms with Crippen molar-refractivity contribution in [2.45, 2.75) is 11.3 Å². The second-order valence-electron chi connectivity index (χ2n) is 6.65. The first-order chi connectivity index (χ1) is 15.0. The second kappa shape index (κ2) is 9.04. The van der Waals surface area contributed by atoms with Crippen molar-refractivity contribution < 1.29 is 4.79 Å². The number of rotatable bonds is 6. The van der Waals surface area contributed by atoms with E-state index in [9.17, 15) is 9.59 Å². The quantitative estimate of drug-likeness (QED) is 0.339. The van der Waals surface area contributed by atoms with E-state index in [-0.39, 0.29) is 22.9 Å². The van der Waals surface area contributed by atoms with Gasteiger partial charge < -0.3 is 5.32 Å². The molecule has 0 radical (unpaired) electrons. The Hall–Kier alpha value is -2.95. The lowest BCUT2D eigenvalue weighted by Gasteiger charge is -2.07. The van der Waals surface area contributed by atoms with Crippen molar-refractivity contribution in [2.75, 3.05) is 11.1 Å². The Kier molecular flexibility index (Phi) is 6.21. The van der Waals surface area contributed by atoms with Crippen molar-refractivity contribution in [1.29, 1.82) is 0 Å². The van der Waals surface area contributed by atoms with E-state index >= 15 is 0 Å². The fourth-order valence-corrected chi connectivity index (χ4v) is 5.23. The summed E-state index contributed by atoms with van der Waals surface area (Å²) < 4.78 is 6.24. The number of nitrogens with one attached hydrogen (secondary N) is 1. The molecule has 0 unspecified atom stereocenters. The molecule has 158 valence electrons. The van der Waals surface area contributed by atoms with Gasteiger partial charge in [0, 0.05) is 7.05 Å². The molecule has 0 bridgehead atoms. The molecular formula is C21H19N5O2S3. The Bertz CT molecular complexity index is 1340. The number of carbonyl (C=O) groups excluding carboxylic acids is 1. The summed E-state index contributed by atoms with van der Waals surface area (Å²) in [7, 11) is 1.79. The van der Waals surface area contributed by atoms with Crippen molar-refractivity contribution in [2.24, 2.45) is 7.05 Å². The highest BCUT2D eigenvalue weighted by atomic mass is 32.2. The van der Waals surface area contributed by atoms with E-state index in [0.29, 0.717) is 14.0 Å². The van der Waals surface area contributed by atoms with E-state index < -0.39 is 0 Å². The van der Waals surface area contributed by atoms with Crippen LogP contribution in [0.5, 0.6) is 0 Å². The zero-order chi connectivity index (χ0) is 22.0. The van der Waals surface area contributed by atoms with Gasteiger partial charge in [0.25, 0.3) is 5.56 Å². The number of carbonyl (C=O) groups is 1. The number of para-hydroxylation sites is 2. The average Bonchev–Trinajstić information content (AvgIpc) is 3.26. The Morgan fingerprint density at radius 1 is 1.10 bits per heavy atom. The van der Waals surface area contributed by atoms with E-state index in [2.05, 4.69) is 10.4 Å². The van der Waals surface area contributed by atoms with Crippen LogP contribution < -0.4 is 10.9 Å². The molecule has 31 heavy (non-hydrogen) atoms. The summed E-state index contributed by atoms with van der Waals surface area (Å²) in [5.74, 6) is -0.153. The minimum Gasteiger partial charge on any atom is -0.319 e. The largest absolute Gasteiger partial charge is 0.319 e. The molecule has 7 nitrogen and oxygen atoms in total. The molecule has 2 heterocycles. The van der Waals surface area contributed by atoms with Gasteiger partial charge in [0.2, 0.25) is 5.91 Å². The molecule has 4 aromatic rings. The number of amides is 1. The minimum atomic E-state index is -0.275. The molecule has 0 aliphatic carbocycles. The highest BCUT2D eigenvalue weighted by Crippen LogP contribution is 2.24. The monoisotopic (exact) mass is 469 g/mol. The zero-order valence-electron chi connectivity index (χ0n) is 16.8. The van der Waals surface area contributed by atoms with Gasteiger partial charge in [0.15, 0.2) is 8.29 Å². The van der Waals surface area contributed by atoms with Gasteiger partial charge in [-0.3, -0.25) is 14.3 Å². The number of thioether (sulfide) groups is 1. The van der Waals surface area contributed by atoms with Gasteiger partial charge in [-0.05, 0) is 43.4 Å². The molecule has 2 aromatic heterocycles. The molecule has 1 N–H and O–H groups in total. The van der Waals surface area contributed by atoms with Crippen LogP contribution in [0.15, 0.2) is 69.8 Å². The van der Waals surface area contributed by atoms with Crippen LogP contribution in [0.3, 0.4) is 0 Å². The molecule has 10 heteroatoms. The summed E-state index contributed by atoms with van der Waals surface area (Å²) >= 11 is 8.03. The molecule has 0 spiro atoms. The zero-order valence-corrected chi connectivity index (χ0v) is 19.3. The van der Waals surface area contributed by atoms with E-state index in [1.165, 1.54) is 27.8 Å². The van der Waals surface area contributed by atoms with Crippen LogP contribution in [0, 0.1) is 10.9 Å². The lowest BCUT2D eigenvalue weighted by Crippen LogP contribution is -2.23. The van der Waals surface area contributed by atoms with E-state index in [4.69, 9.17) is 12.2 Å². The highest BCUT2D eigenvalue weighted by molar-refractivity contribution is 8.01. The average molecular weight is 470 g/mol. The van der Waals surface area contributed by atoms with Crippen LogP contribution in [0.2, 0.25) is 0 Å². The molecular weight excluding hydrogens is 450 g/mol. The maximum atomic E-state index is 12.9. The number of benzene rings is 2. The molecule has 0 saturated carbocycles. The lowest BCUT2D eigenvalue weighted by atomic mass is 10.3. The summed E-state index contributed by atoms with van der Waals surface area (Å²) in [6.07, 6.45) is 0. The Morgan fingerprint density at radius 2 is 1.71 bits per heavy atom. The number of anilines is 1. The van der Waals surface area contributed by atoms with E-state index in [0.717, 1.165) is 11.4 Å². The summed E-state index contributed by atoms with van der Waals surface area (Å²) in [6, 6.07) is 18.9. The standard InChI is InChI=1S/C21H19N5O2S3/c1-14-18(19(28)26(24(14)2)16-11-7-4-8-12-16)22-17(27)13-30-20-23-25(21(29)31-20)15-9-5-3-6-10-15/h3-12H,13H2,1-2H3,(H,22,27). The second-order valence-corrected chi connectivity index (χ2v) is 9.50. The molecule has 0 aliphatic heterocycles. The molecule has 1 amide bonds. The fraction of sp³-hybridized carbons (Fsp3) is 0.143. The summed E-state index contributed by atoms with van der Waals surface area (Å²) in [5, 5.41) is 7.26. The summed E-state index contributed by atoms with van der Waals surface area (Å²) in [6.45, 7) is 1.80. The van der Waals surface area contributed by atoms with Crippen molar-refractivity contribution in [3.63, 3.8) is 0 Å². The lowest BCUT2D eigenvalue weighted by molar-refractivity contribution is -0.113. The van der Waals surface area contributed by atoms with Crippen molar-refractivity contribution in [3.8, 4) is 11.4 Å². The number of aromatic nitrogens is 4. The first-order valence-corrected chi connectivity index (χ1v) is 11.6. The van der Waals surface area contributed by atoms with Gasteiger partial charge in [-0.1, -0.05) is 59.5 Å². The van der Waals surface area contributed by atoms with Gasteiger partial charge in [-0.15, -0.1) is 5.10 Å². The van der Waals surface area contributed by atoms with Crippen molar-refractivity contribution in [3.05, 3.63) is 80.7 Å². The third kappa shape index (κ3) is 4.41. The van der Waals surface area contributed by atoms with Crippen LogP contribution in [0.4, 0.5) is 5.69 Å². The van der Waals surface area contributed by atoms with Crippen LogP contribution in [0.25, 0.3) is 11.4 Å². The smallest absolute Gasteiger partial charge is 0.295 e.